The first kappa shape index (κ1) is 15.3. The van der Waals surface area contributed by atoms with Gasteiger partial charge < -0.3 is 4.74 Å². The van der Waals surface area contributed by atoms with E-state index in [1.807, 2.05) is 32.0 Å². The van der Waals surface area contributed by atoms with Gasteiger partial charge in [-0.15, -0.1) is 0 Å². The number of rotatable bonds is 4. The molecule has 106 valence electrons. The van der Waals surface area contributed by atoms with Crippen LogP contribution in [-0.2, 0) is 6.42 Å². The summed E-state index contributed by atoms with van der Waals surface area (Å²) in [6.45, 7) is 5.93. The Hall–Kier alpha value is -1.13. The van der Waals surface area contributed by atoms with Gasteiger partial charge in [-0.05, 0) is 38.0 Å². The Kier molecular flexibility index (Phi) is 5.00. The minimum absolute atomic E-state index is 0.450. The minimum Gasteiger partial charge on any atom is -0.438 e. The maximum atomic E-state index is 6.15. The van der Waals surface area contributed by atoms with Crippen molar-refractivity contribution in [2.75, 3.05) is 0 Å². The Balaban J connectivity index is 2.39. The summed E-state index contributed by atoms with van der Waals surface area (Å²) in [6, 6.07) is 5.89. The average Bonchev–Trinajstić information content (AvgIpc) is 2.40. The van der Waals surface area contributed by atoms with Crippen molar-refractivity contribution >= 4 is 27.5 Å². The van der Waals surface area contributed by atoms with Crippen LogP contribution in [-0.4, -0.2) is 9.97 Å². The van der Waals surface area contributed by atoms with Gasteiger partial charge in [0.1, 0.15) is 16.7 Å². The lowest BCUT2D eigenvalue weighted by molar-refractivity contribution is 0.450. The van der Waals surface area contributed by atoms with E-state index in [0.717, 1.165) is 34.2 Å². The second-order valence-electron chi connectivity index (χ2n) is 4.62. The molecule has 0 aliphatic rings. The molecule has 1 aromatic carbocycles. The predicted octanol–water partition coefficient (Wildman–Crippen LogP) is 5.25. The molecular weight excluding hydrogens is 340 g/mol. The van der Waals surface area contributed by atoms with Gasteiger partial charge in [0, 0.05) is 16.5 Å². The van der Waals surface area contributed by atoms with E-state index in [2.05, 4.69) is 32.8 Å². The summed E-state index contributed by atoms with van der Waals surface area (Å²) in [6.07, 6.45) is 1.75. The van der Waals surface area contributed by atoms with Crippen molar-refractivity contribution in [2.24, 2.45) is 0 Å². The molecule has 3 nitrogen and oxygen atoms in total. The van der Waals surface area contributed by atoms with Gasteiger partial charge in [0.05, 0.1) is 0 Å². The van der Waals surface area contributed by atoms with Gasteiger partial charge in [0.2, 0.25) is 5.88 Å². The summed E-state index contributed by atoms with van der Waals surface area (Å²) >= 11 is 9.59. The van der Waals surface area contributed by atoms with Crippen LogP contribution in [0.1, 0.15) is 30.3 Å². The Morgan fingerprint density at radius 3 is 2.70 bits per heavy atom. The van der Waals surface area contributed by atoms with Crippen LogP contribution in [0, 0.1) is 13.8 Å². The Morgan fingerprint density at radius 1 is 1.25 bits per heavy atom. The molecule has 20 heavy (non-hydrogen) atoms. The van der Waals surface area contributed by atoms with Crippen molar-refractivity contribution in [3.63, 3.8) is 0 Å². The van der Waals surface area contributed by atoms with Gasteiger partial charge in [0.25, 0.3) is 0 Å². The summed E-state index contributed by atoms with van der Waals surface area (Å²) in [5, 5.41) is 0.450. The first-order valence-electron chi connectivity index (χ1n) is 6.48. The zero-order valence-corrected chi connectivity index (χ0v) is 14.0. The molecule has 0 saturated heterocycles. The first-order chi connectivity index (χ1) is 9.51. The van der Waals surface area contributed by atoms with E-state index in [1.165, 1.54) is 0 Å². The minimum atomic E-state index is 0.450. The van der Waals surface area contributed by atoms with E-state index >= 15 is 0 Å². The van der Waals surface area contributed by atoms with E-state index in [9.17, 15) is 0 Å². The van der Waals surface area contributed by atoms with E-state index in [0.29, 0.717) is 16.9 Å². The molecule has 0 spiro atoms. The molecule has 1 aromatic heterocycles. The molecule has 0 atom stereocenters. The highest BCUT2D eigenvalue weighted by Crippen LogP contribution is 2.31. The van der Waals surface area contributed by atoms with Gasteiger partial charge in [-0.2, -0.15) is 4.98 Å². The first-order valence-corrected chi connectivity index (χ1v) is 7.65. The third-order valence-corrected chi connectivity index (χ3v) is 3.78. The highest BCUT2D eigenvalue weighted by atomic mass is 79.9. The normalized spacial score (nSPS) is 10.7. The van der Waals surface area contributed by atoms with Crippen LogP contribution in [0.2, 0.25) is 5.15 Å². The van der Waals surface area contributed by atoms with E-state index in [-0.39, 0.29) is 0 Å². The number of aryl methyl sites for hydroxylation is 2. The van der Waals surface area contributed by atoms with Crippen LogP contribution >= 0.6 is 27.5 Å². The number of hydrogen-bond donors (Lipinski definition) is 0. The molecule has 0 unspecified atom stereocenters. The zero-order chi connectivity index (χ0) is 14.7. The summed E-state index contributed by atoms with van der Waals surface area (Å²) in [7, 11) is 0. The summed E-state index contributed by atoms with van der Waals surface area (Å²) in [5.74, 6) is 2.00. The Bertz CT molecular complexity index is 632. The largest absolute Gasteiger partial charge is 0.438 e. The molecule has 2 aromatic rings. The van der Waals surface area contributed by atoms with Crippen LogP contribution in [0.25, 0.3) is 0 Å². The molecule has 0 radical (unpaired) electrons. The second-order valence-corrected chi connectivity index (χ2v) is 5.90. The van der Waals surface area contributed by atoms with E-state index < -0.39 is 0 Å². The number of ether oxygens (including phenoxy) is 1. The predicted molar refractivity (Wildman–Crippen MR) is 84.7 cm³/mol. The topological polar surface area (TPSA) is 35.0 Å². The lowest BCUT2D eigenvalue weighted by Crippen LogP contribution is -2.01. The van der Waals surface area contributed by atoms with Crippen LogP contribution in [0.3, 0.4) is 0 Å². The molecule has 5 heteroatoms. The fourth-order valence-electron chi connectivity index (χ4n) is 1.73. The van der Waals surface area contributed by atoms with Crippen molar-refractivity contribution in [3.05, 3.63) is 44.8 Å². The molecule has 0 fully saturated rings. The fourth-order valence-corrected chi connectivity index (χ4v) is 2.25. The maximum Gasteiger partial charge on any atom is 0.227 e. The van der Waals surface area contributed by atoms with E-state index in [4.69, 9.17) is 16.3 Å². The van der Waals surface area contributed by atoms with Gasteiger partial charge in [-0.1, -0.05) is 40.5 Å². The van der Waals surface area contributed by atoms with Crippen molar-refractivity contribution in [2.45, 2.75) is 33.6 Å². The number of aromatic nitrogens is 2. The average molecular weight is 356 g/mol. The molecule has 0 aliphatic heterocycles. The third-order valence-electron chi connectivity index (χ3n) is 2.92. The second kappa shape index (κ2) is 6.55. The molecular formula is C15H16BrClN2O. The standard InChI is InChI=1S/C15H16BrClN2O/c1-4-5-13-18-14(17)10(3)15(19-13)20-12-8-11(16)7-6-9(12)2/h6-8H,4-5H2,1-3H3. The van der Waals surface area contributed by atoms with Crippen molar-refractivity contribution in [1.29, 1.82) is 0 Å². The van der Waals surface area contributed by atoms with Gasteiger partial charge in [-0.3, -0.25) is 0 Å². The van der Waals surface area contributed by atoms with Gasteiger partial charge in [-0.25, -0.2) is 4.98 Å². The monoisotopic (exact) mass is 354 g/mol. The Labute approximate surface area is 132 Å². The number of nitrogens with zero attached hydrogens (tertiary/aromatic N) is 2. The summed E-state index contributed by atoms with van der Waals surface area (Å²) < 4.78 is 6.89. The van der Waals surface area contributed by atoms with Crippen LogP contribution in [0.5, 0.6) is 11.6 Å². The van der Waals surface area contributed by atoms with Crippen LogP contribution in [0.15, 0.2) is 22.7 Å². The van der Waals surface area contributed by atoms with Gasteiger partial charge in [0.15, 0.2) is 0 Å². The SMILES string of the molecule is CCCc1nc(Cl)c(C)c(Oc2cc(Br)ccc2C)n1. The molecule has 2 rings (SSSR count). The van der Waals surface area contributed by atoms with Crippen LogP contribution < -0.4 is 4.74 Å². The van der Waals surface area contributed by atoms with Crippen molar-refractivity contribution in [1.82, 2.24) is 9.97 Å². The smallest absolute Gasteiger partial charge is 0.227 e. The Morgan fingerprint density at radius 2 is 2.00 bits per heavy atom. The quantitative estimate of drug-likeness (QED) is 0.702. The summed E-state index contributed by atoms with van der Waals surface area (Å²) in [5.41, 5.74) is 1.80. The lowest BCUT2D eigenvalue weighted by Gasteiger charge is -2.12. The van der Waals surface area contributed by atoms with E-state index in [1.54, 1.807) is 0 Å². The molecule has 0 bridgehead atoms. The molecule has 1 heterocycles. The zero-order valence-electron chi connectivity index (χ0n) is 11.7. The highest BCUT2D eigenvalue weighted by Gasteiger charge is 2.12. The van der Waals surface area contributed by atoms with Crippen LogP contribution in [0.4, 0.5) is 0 Å². The van der Waals surface area contributed by atoms with Crippen molar-refractivity contribution < 1.29 is 4.74 Å². The number of hydrogen-bond acceptors (Lipinski definition) is 3. The fraction of sp³-hybridized carbons (Fsp3) is 0.333. The van der Waals surface area contributed by atoms with Gasteiger partial charge >= 0.3 is 0 Å². The molecule has 0 saturated carbocycles. The molecule has 0 N–H and O–H groups in total. The van der Waals surface area contributed by atoms with Crippen molar-refractivity contribution in [3.8, 4) is 11.6 Å². The molecule has 0 amide bonds. The maximum absolute atomic E-state index is 6.15. The number of halogens is 2. The lowest BCUT2D eigenvalue weighted by atomic mass is 10.2. The summed E-state index contributed by atoms with van der Waals surface area (Å²) in [4.78, 5) is 8.73. The molecule has 0 aliphatic carbocycles. The third kappa shape index (κ3) is 3.49. The highest BCUT2D eigenvalue weighted by molar-refractivity contribution is 9.10. The number of benzene rings is 1.